The van der Waals surface area contributed by atoms with Crippen LogP contribution >= 0.6 is 0 Å². The van der Waals surface area contributed by atoms with Crippen molar-refractivity contribution in [2.45, 2.75) is 66.4 Å². The number of carbonyl (C=O) groups excluding carboxylic acids is 1. The number of ether oxygens (including phenoxy) is 1. The highest BCUT2D eigenvalue weighted by atomic mass is 16.5. The minimum atomic E-state index is -0.153. The SMILES string of the molecule is CC(C)CCOC(C)(C)CCNC(=O)CC(C)C. The molecule has 3 nitrogen and oxygen atoms in total. The van der Waals surface area contributed by atoms with Crippen molar-refractivity contribution >= 4 is 5.91 Å². The van der Waals surface area contributed by atoms with Crippen molar-refractivity contribution in [1.82, 2.24) is 5.32 Å². The minimum Gasteiger partial charge on any atom is -0.375 e. The maximum atomic E-state index is 11.5. The van der Waals surface area contributed by atoms with Crippen LogP contribution in [0.2, 0.25) is 0 Å². The van der Waals surface area contributed by atoms with Gasteiger partial charge in [0.1, 0.15) is 0 Å². The first-order valence-corrected chi connectivity index (χ1v) is 7.13. The van der Waals surface area contributed by atoms with E-state index in [4.69, 9.17) is 4.74 Å². The zero-order chi connectivity index (χ0) is 14.2. The molecule has 0 fully saturated rings. The Labute approximate surface area is 113 Å². The third-order valence-corrected chi connectivity index (χ3v) is 2.83. The van der Waals surface area contributed by atoms with E-state index in [9.17, 15) is 4.79 Å². The number of amides is 1. The molecule has 1 amide bonds. The molecule has 0 aliphatic carbocycles. The van der Waals surface area contributed by atoms with Crippen molar-refractivity contribution in [3.8, 4) is 0 Å². The highest BCUT2D eigenvalue weighted by molar-refractivity contribution is 5.75. The summed E-state index contributed by atoms with van der Waals surface area (Å²) in [5.74, 6) is 1.23. The van der Waals surface area contributed by atoms with E-state index in [0.29, 0.717) is 24.8 Å². The summed E-state index contributed by atoms with van der Waals surface area (Å²) in [6.45, 7) is 14.2. The molecule has 108 valence electrons. The van der Waals surface area contributed by atoms with Crippen LogP contribution in [0.15, 0.2) is 0 Å². The molecule has 0 aromatic heterocycles. The summed E-state index contributed by atoms with van der Waals surface area (Å²) in [4.78, 5) is 11.5. The van der Waals surface area contributed by atoms with E-state index >= 15 is 0 Å². The van der Waals surface area contributed by atoms with Gasteiger partial charge in [0.05, 0.1) is 5.60 Å². The number of rotatable bonds is 9. The average molecular weight is 257 g/mol. The highest BCUT2D eigenvalue weighted by Gasteiger charge is 2.18. The molecule has 0 saturated carbocycles. The van der Waals surface area contributed by atoms with Crippen molar-refractivity contribution in [2.24, 2.45) is 11.8 Å². The van der Waals surface area contributed by atoms with Crippen LogP contribution in [0.1, 0.15) is 60.8 Å². The first-order valence-electron chi connectivity index (χ1n) is 7.13. The van der Waals surface area contributed by atoms with Crippen LogP contribution in [0.5, 0.6) is 0 Å². The van der Waals surface area contributed by atoms with Gasteiger partial charge in [-0.2, -0.15) is 0 Å². The standard InChI is InChI=1S/C15H31NO2/c1-12(2)7-10-18-15(5,6)8-9-16-14(17)11-13(3)4/h12-13H,7-11H2,1-6H3,(H,16,17). The molecule has 0 unspecified atom stereocenters. The number of carbonyl (C=O) groups is 1. The van der Waals surface area contributed by atoms with Crippen molar-refractivity contribution in [3.05, 3.63) is 0 Å². The lowest BCUT2D eigenvalue weighted by Crippen LogP contribution is -2.33. The third-order valence-electron chi connectivity index (χ3n) is 2.83. The lowest BCUT2D eigenvalue weighted by molar-refractivity contribution is -0.122. The van der Waals surface area contributed by atoms with Crippen molar-refractivity contribution in [1.29, 1.82) is 0 Å². The number of hydrogen-bond acceptors (Lipinski definition) is 2. The van der Waals surface area contributed by atoms with Crippen LogP contribution < -0.4 is 5.32 Å². The quantitative estimate of drug-likeness (QED) is 0.687. The molecule has 0 saturated heterocycles. The topological polar surface area (TPSA) is 38.3 Å². The summed E-state index contributed by atoms with van der Waals surface area (Å²) in [6, 6.07) is 0. The molecule has 0 atom stereocenters. The predicted octanol–water partition coefficient (Wildman–Crippen LogP) is 3.38. The van der Waals surface area contributed by atoms with Gasteiger partial charge in [-0.1, -0.05) is 27.7 Å². The van der Waals surface area contributed by atoms with Gasteiger partial charge in [0.15, 0.2) is 0 Å². The molecule has 0 bridgehead atoms. The van der Waals surface area contributed by atoms with Crippen LogP contribution in [0.4, 0.5) is 0 Å². The second-order valence-electron chi connectivity index (χ2n) is 6.49. The van der Waals surface area contributed by atoms with E-state index in [1.807, 2.05) is 0 Å². The smallest absolute Gasteiger partial charge is 0.220 e. The second kappa shape index (κ2) is 8.52. The van der Waals surface area contributed by atoms with E-state index in [-0.39, 0.29) is 11.5 Å². The van der Waals surface area contributed by atoms with Crippen LogP contribution in [-0.4, -0.2) is 24.7 Å². The van der Waals surface area contributed by atoms with Crippen LogP contribution in [0.3, 0.4) is 0 Å². The summed E-state index contributed by atoms with van der Waals surface area (Å²) in [5.41, 5.74) is -0.153. The molecule has 0 radical (unpaired) electrons. The zero-order valence-electron chi connectivity index (χ0n) is 13.0. The normalized spacial score (nSPS) is 12.2. The van der Waals surface area contributed by atoms with Gasteiger partial charge in [0.25, 0.3) is 0 Å². The summed E-state index contributed by atoms with van der Waals surface area (Å²) >= 11 is 0. The molecule has 0 rings (SSSR count). The molecule has 18 heavy (non-hydrogen) atoms. The van der Waals surface area contributed by atoms with Crippen LogP contribution in [0, 0.1) is 11.8 Å². The first-order chi connectivity index (χ1) is 8.23. The van der Waals surface area contributed by atoms with E-state index < -0.39 is 0 Å². The second-order valence-corrected chi connectivity index (χ2v) is 6.49. The Morgan fingerprint density at radius 2 is 1.78 bits per heavy atom. The Morgan fingerprint density at radius 1 is 1.17 bits per heavy atom. The van der Waals surface area contributed by atoms with Gasteiger partial charge in [-0.25, -0.2) is 0 Å². The Bertz CT molecular complexity index is 235. The molecule has 0 aromatic carbocycles. The van der Waals surface area contributed by atoms with Crippen LogP contribution in [0.25, 0.3) is 0 Å². The molecule has 0 aromatic rings. The maximum Gasteiger partial charge on any atom is 0.220 e. The summed E-state index contributed by atoms with van der Waals surface area (Å²) < 4.78 is 5.85. The lowest BCUT2D eigenvalue weighted by Gasteiger charge is -2.26. The summed E-state index contributed by atoms with van der Waals surface area (Å²) in [7, 11) is 0. The summed E-state index contributed by atoms with van der Waals surface area (Å²) in [6.07, 6.45) is 2.55. The molecule has 0 spiro atoms. The number of nitrogens with one attached hydrogen (secondary N) is 1. The fourth-order valence-electron chi connectivity index (χ4n) is 1.59. The van der Waals surface area contributed by atoms with E-state index in [1.165, 1.54) is 0 Å². The molecule has 0 aliphatic heterocycles. The van der Waals surface area contributed by atoms with Crippen molar-refractivity contribution in [3.63, 3.8) is 0 Å². The Balaban J connectivity index is 3.72. The molecular formula is C15H31NO2. The van der Waals surface area contributed by atoms with E-state index in [0.717, 1.165) is 19.4 Å². The van der Waals surface area contributed by atoms with Crippen molar-refractivity contribution in [2.75, 3.05) is 13.2 Å². The van der Waals surface area contributed by atoms with Gasteiger partial charge < -0.3 is 10.1 Å². The lowest BCUT2D eigenvalue weighted by atomic mass is 10.0. The number of hydrogen-bond donors (Lipinski definition) is 1. The van der Waals surface area contributed by atoms with Gasteiger partial charge in [0.2, 0.25) is 5.91 Å². The van der Waals surface area contributed by atoms with Crippen LogP contribution in [-0.2, 0) is 9.53 Å². The molecule has 1 N–H and O–H groups in total. The van der Waals surface area contributed by atoms with E-state index in [1.54, 1.807) is 0 Å². The molecular weight excluding hydrogens is 226 g/mol. The van der Waals surface area contributed by atoms with E-state index in [2.05, 4.69) is 46.9 Å². The largest absolute Gasteiger partial charge is 0.375 e. The third kappa shape index (κ3) is 10.6. The monoisotopic (exact) mass is 257 g/mol. The van der Waals surface area contributed by atoms with Gasteiger partial charge in [-0.05, 0) is 38.5 Å². The van der Waals surface area contributed by atoms with Gasteiger partial charge in [-0.3, -0.25) is 4.79 Å². The molecule has 0 aliphatic rings. The fraction of sp³-hybridized carbons (Fsp3) is 0.933. The summed E-state index contributed by atoms with van der Waals surface area (Å²) in [5, 5.41) is 2.95. The van der Waals surface area contributed by atoms with Crippen molar-refractivity contribution < 1.29 is 9.53 Å². The Morgan fingerprint density at radius 3 is 2.28 bits per heavy atom. The zero-order valence-corrected chi connectivity index (χ0v) is 13.0. The van der Waals surface area contributed by atoms with Gasteiger partial charge in [-0.15, -0.1) is 0 Å². The molecule has 0 heterocycles. The first kappa shape index (κ1) is 17.4. The predicted molar refractivity (Wildman–Crippen MR) is 76.6 cm³/mol. The maximum absolute atomic E-state index is 11.5. The van der Waals surface area contributed by atoms with Gasteiger partial charge >= 0.3 is 0 Å². The van der Waals surface area contributed by atoms with Gasteiger partial charge in [0, 0.05) is 19.6 Å². The average Bonchev–Trinajstić information content (AvgIpc) is 2.14. The Kier molecular flexibility index (Phi) is 8.25. The molecule has 3 heteroatoms. The fourth-order valence-corrected chi connectivity index (χ4v) is 1.59. The Hall–Kier alpha value is -0.570. The minimum absolute atomic E-state index is 0.142. The highest BCUT2D eigenvalue weighted by Crippen LogP contribution is 2.15.